The van der Waals surface area contributed by atoms with Gasteiger partial charge in [0.1, 0.15) is 5.82 Å². The summed E-state index contributed by atoms with van der Waals surface area (Å²) in [7, 11) is 0. The fourth-order valence-electron chi connectivity index (χ4n) is 3.04. The summed E-state index contributed by atoms with van der Waals surface area (Å²) in [5.74, 6) is -1.31. The van der Waals surface area contributed by atoms with Gasteiger partial charge in [0.2, 0.25) is 11.5 Å². The average molecular weight is 338 g/mol. The lowest BCUT2D eigenvalue weighted by molar-refractivity contribution is -0.136. The van der Waals surface area contributed by atoms with E-state index in [1.54, 1.807) is 6.08 Å². The minimum Gasteiger partial charge on any atom is -0.274 e. The van der Waals surface area contributed by atoms with Gasteiger partial charge in [0.25, 0.3) is 5.91 Å². The van der Waals surface area contributed by atoms with E-state index in [1.165, 1.54) is 24.3 Å². The second kappa shape index (κ2) is 5.53. The lowest BCUT2D eigenvalue weighted by atomic mass is 9.99. The van der Waals surface area contributed by atoms with E-state index in [4.69, 9.17) is 4.84 Å². The number of hydroxylamine groups is 1. The molecule has 0 aromatic heterocycles. The van der Waals surface area contributed by atoms with Crippen LogP contribution in [0.3, 0.4) is 0 Å². The summed E-state index contributed by atoms with van der Waals surface area (Å²) in [6.45, 7) is 1.98. The van der Waals surface area contributed by atoms with Crippen LogP contribution in [0.5, 0.6) is 0 Å². The topological polar surface area (TPSA) is 58.6 Å². The van der Waals surface area contributed by atoms with Crippen molar-refractivity contribution in [3.63, 3.8) is 0 Å². The molecule has 25 heavy (non-hydrogen) atoms. The van der Waals surface area contributed by atoms with Gasteiger partial charge >= 0.3 is 0 Å². The molecule has 6 heteroatoms. The highest BCUT2D eigenvalue weighted by atomic mass is 19.1. The van der Waals surface area contributed by atoms with Crippen LogP contribution in [-0.4, -0.2) is 17.4 Å². The van der Waals surface area contributed by atoms with Crippen LogP contribution in [0.1, 0.15) is 17.5 Å². The normalized spacial score (nSPS) is 22.5. The Balaban J connectivity index is 1.67. The molecule has 1 saturated heterocycles. The number of carbonyl (C=O) groups excluding carboxylic acids is 2. The van der Waals surface area contributed by atoms with Crippen LogP contribution in [0.25, 0.3) is 5.70 Å². The number of nitrogens with one attached hydrogen (secondary N) is 1. The molecule has 1 N–H and O–H groups in total. The molecule has 0 saturated carbocycles. The lowest BCUT2D eigenvalue weighted by Crippen LogP contribution is -2.40. The largest absolute Gasteiger partial charge is 0.274 e. The van der Waals surface area contributed by atoms with Crippen molar-refractivity contribution in [2.45, 2.75) is 18.9 Å². The molecule has 4 rings (SSSR count). The van der Waals surface area contributed by atoms with Crippen molar-refractivity contribution in [1.29, 1.82) is 0 Å². The number of imide groups is 1. The Kier molecular flexibility index (Phi) is 3.43. The zero-order valence-corrected chi connectivity index (χ0v) is 13.5. The summed E-state index contributed by atoms with van der Waals surface area (Å²) >= 11 is 0. The van der Waals surface area contributed by atoms with Gasteiger partial charge in [-0.25, -0.2) is 9.29 Å². The number of aryl methyl sites for hydroxylation is 1. The smallest absolute Gasteiger partial charge is 0.273 e. The van der Waals surface area contributed by atoms with E-state index in [-0.39, 0.29) is 12.3 Å². The lowest BCUT2D eigenvalue weighted by Gasteiger charge is -2.18. The highest BCUT2D eigenvalue weighted by molar-refractivity contribution is 6.25. The molecule has 1 atom stereocenters. The van der Waals surface area contributed by atoms with Crippen molar-refractivity contribution in [2.75, 3.05) is 4.90 Å². The van der Waals surface area contributed by atoms with Crippen LogP contribution in [0.4, 0.5) is 10.1 Å². The van der Waals surface area contributed by atoms with Gasteiger partial charge in [-0.2, -0.15) is 0 Å². The number of rotatable bonds is 2. The van der Waals surface area contributed by atoms with Gasteiger partial charge in [-0.15, -0.1) is 0 Å². The average Bonchev–Trinajstić information content (AvgIpc) is 3.12. The van der Waals surface area contributed by atoms with E-state index >= 15 is 0 Å². The molecule has 0 bridgehead atoms. The second-order valence-corrected chi connectivity index (χ2v) is 6.21. The number of halogens is 1. The molecule has 126 valence electrons. The highest BCUT2D eigenvalue weighted by Gasteiger charge is 2.55. The van der Waals surface area contributed by atoms with Crippen LogP contribution in [0.15, 0.2) is 54.6 Å². The Morgan fingerprint density at radius 3 is 2.44 bits per heavy atom. The first kappa shape index (κ1) is 15.5. The molecule has 2 aliphatic rings. The van der Waals surface area contributed by atoms with Crippen molar-refractivity contribution in [1.82, 2.24) is 5.48 Å². The first-order valence-corrected chi connectivity index (χ1v) is 7.85. The molecule has 2 aromatic carbocycles. The van der Waals surface area contributed by atoms with E-state index < -0.39 is 17.3 Å². The fraction of sp³-hybridized carbons (Fsp3) is 0.158. The summed E-state index contributed by atoms with van der Waals surface area (Å²) in [4.78, 5) is 31.8. The van der Waals surface area contributed by atoms with E-state index in [0.29, 0.717) is 11.4 Å². The second-order valence-electron chi connectivity index (χ2n) is 6.21. The third kappa shape index (κ3) is 2.51. The SMILES string of the molecule is Cc1ccc(C2=C[C@@]3(CC(=O)N(c4ccc(F)cc4)C3=O)ON2)cc1. The Bertz CT molecular complexity index is 890. The van der Waals surface area contributed by atoms with Gasteiger partial charge in [0.05, 0.1) is 17.8 Å². The number of hydrogen-bond acceptors (Lipinski definition) is 4. The summed E-state index contributed by atoms with van der Waals surface area (Å²) < 4.78 is 13.1. The van der Waals surface area contributed by atoms with Crippen molar-refractivity contribution >= 4 is 23.2 Å². The van der Waals surface area contributed by atoms with Crippen LogP contribution >= 0.6 is 0 Å². The Hall–Kier alpha value is -2.99. The van der Waals surface area contributed by atoms with Crippen LogP contribution in [0.2, 0.25) is 0 Å². The zero-order chi connectivity index (χ0) is 17.6. The fourth-order valence-corrected chi connectivity index (χ4v) is 3.04. The molecule has 1 fully saturated rings. The van der Waals surface area contributed by atoms with Crippen molar-refractivity contribution < 1.29 is 18.8 Å². The first-order chi connectivity index (χ1) is 12.0. The molecular formula is C19H15FN2O3. The predicted molar refractivity (Wildman–Crippen MR) is 89.6 cm³/mol. The van der Waals surface area contributed by atoms with E-state index in [9.17, 15) is 14.0 Å². The first-order valence-electron chi connectivity index (χ1n) is 7.85. The Morgan fingerprint density at radius 1 is 1.08 bits per heavy atom. The zero-order valence-electron chi connectivity index (χ0n) is 13.5. The molecule has 0 unspecified atom stereocenters. The van der Waals surface area contributed by atoms with Crippen LogP contribution < -0.4 is 10.4 Å². The van der Waals surface area contributed by atoms with Gasteiger partial charge in [0, 0.05) is 0 Å². The van der Waals surface area contributed by atoms with Crippen LogP contribution in [-0.2, 0) is 14.4 Å². The molecule has 0 aliphatic carbocycles. The van der Waals surface area contributed by atoms with Gasteiger partial charge in [0.15, 0.2) is 0 Å². The highest BCUT2D eigenvalue weighted by Crippen LogP contribution is 2.37. The predicted octanol–water partition coefficient (Wildman–Crippen LogP) is 2.71. The number of hydrogen-bond donors (Lipinski definition) is 1. The van der Waals surface area contributed by atoms with Crippen molar-refractivity contribution in [3.8, 4) is 0 Å². The summed E-state index contributed by atoms with van der Waals surface area (Å²) in [6.07, 6.45) is 1.53. The standard InChI is InChI=1S/C19H15FN2O3/c1-12-2-4-13(5-3-12)16-10-19(25-21-16)11-17(23)22(18(19)24)15-8-6-14(20)7-9-15/h2-10,21H,11H2,1H3/t19-/m0/s1. The Morgan fingerprint density at radius 2 is 1.76 bits per heavy atom. The quantitative estimate of drug-likeness (QED) is 0.856. The number of amides is 2. The monoisotopic (exact) mass is 338 g/mol. The Labute approximate surface area is 143 Å². The minimum absolute atomic E-state index is 0.106. The number of benzene rings is 2. The summed E-state index contributed by atoms with van der Waals surface area (Å²) in [5.41, 5.74) is 4.34. The molecule has 1 spiro atoms. The van der Waals surface area contributed by atoms with Gasteiger partial charge in [-0.05, 0) is 42.8 Å². The van der Waals surface area contributed by atoms with Gasteiger partial charge in [-0.3, -0.25) is 19.9 Å². The molecule has 2 heterocycles. The summed E-state index contributed by atoms with van der Waals surface area (Å²) in [6, 6.07) is 13.0. The van der Waals surface area contributed by atoms with Crippen molar-refractivity contribution in [3.05, 3.63) is 71.6 Å². The molecule has 5 nitrogen and oxygen atoms in total. The van der Waals surface area contributed by atoms with E-state index in [0.717, 1.165) is 16.0 Å². The van der Waals surface area contributed by atoms with Gasteiger partial charge < -0.3 is 0 Å². The third-order valence-corrected chi connectivity index (χ3v) is 4.40. The number of carbonyl (C=O) groups is 2. The maximum atomic E-state index is 13.1. The van der Waals surface area contributed by atoms with E-state index in [1.807, 2.05) is 31.2 Å². The minimum atomic E-state index is -1.37. The maximum absolute atomic E-state index is 13.1. The number of anilines is 1. The van der Waals surface area contributed by atoms with Crippen molar-refractivity contribution in [2.24, 2.45) is 0 Å². The molecule has 2 amide bonds. The number of nitrogens with zero attached hydrogens (tertiary/aromatic N) is 1. The van der Waals surface area contributed by atoms with E-state index in [2.05, 4.69) is 5.48 Å². The van der Waals surface area contributed by atoms with Gasteiger partial charge in [-0.1, -0.05) is 29.8 Å². The summed E-state index contributed by atoms with van der Waals surface area (Å²) in [5, 5.41) is 0. The molecular weight excluding hydrogens is 323 g/mol. The van der Waals surface area contributed by atoms with Crippen LogP contribution in [0, 0.1) is 12.7 Å². The molecule has 2 aliphatic heterocycles. The maximum Gasteiger partial charge on any atom is 0.273 e. The molecule has 2 aromatic rings. The molecule has 0 radical (unpaired) electrons. The third-order valence-electron chi connectivity index (χ3n) is 4.40.